The van der Waals surface area contributed by atoms with Crippen LogP contribution >= 0.6 is 11.6 Å². The first-order valence-corrected chi connectivity index (χ1v) is 7.79. The minimum absolute atomic E-state index is 0.292. The Labute approximate surface area is 129 Å². The van der Waals surface area contributed by atoms with E-state index < -0.39 is 0 Å². The number of nitrogens with one attached hydrogen (secondary N) is 1. The molecule has 0 radical (unpaired) electrons. The van der Waals surface area contributed by atoms with Crippen LogP contribution in [-0.2, 0) is 11.8 Å². The van der Waals surface area contributed by atoms with E-state index in [2.05, 4.69) is 15.3 Å². The van der Waals surface area contributed by atoms with E-state index in [1.165, 1.54) is 12.8 Å². The molecule has 0 bridgehead atoms. The van der Waals surface area contributed by atoms with E-state index in [1.807, 2.05) is 23.9 Å². The average Bonchev–Trinajstić information content (AvgIpc) is 2.83. The maximum absolute atomic E-state index is 6.04. The van der Waals surface area contributed by atoms with Crippen molar-refractivity contribution in [1.29, 1.82) is 0 Å². The number of aryl methyl sites for hydroxylation is 1. The Morgan fingerprint density at radius 2 is 2.10 bits per heavy atom. The van der Waals surface area contributed by atoms with Gasteiger partial charge in [-0.1, -0.05) is 0 Å². The first-order chi connectivity index (χ1) is 10.2. The van der Waals surface area contributed by atoms with E-state index in [9.17, 15) is 0 Å². The van der Waals surface area contributed by atoms with Gasteiger partial charge in [-0.15, -0.1) is 0 Å². The van der Waals surface area contributed by atoms with Crippen LogP contribution in [0.4, 0.5) is 5.82 Å². The van der Waals surface area contributed by atoms with E-state index in [0.717, 1.165) is 36.3 Å². The summed E-state index contributed by atoms with van der Waals surface area (Å²) in [6.45, 7) is 0.870. The van der Waals surface area contributed by atoms with Gasteiger partial charge in [0.2, 0.25) is 5.28 Å². The highest BCUT2D eigenvalue weighted by molar-refractivity contribution is 6.28. The number of hydrogen-bond donors (Lipinski definition) is 1. The van der Waals surface area contributed by atoms with Crippen molar-refractivity contribution >= 4 is 28.5 Å². The quantitative estimate of drug-likeness (QED) is 0.881. The fourth-order valence-corrected chi connectivity index (χ4v) is 3.29. The van der Waals surface area contributed by atoms with Gasteiger partial charge in [-0.3, -0.25) is 0 Å². The van der Waals surface area contributed by atoms with Gasteiger partial charge in [-0.2, -0.15) is 4.98 Å². The number of rotatable bonds is 4. The zero-order valence-electron chi connectivity index (χ0n) is 12.5. The molecule has 0 saturated heterocycles. The van der Waals surface area contributed by atoms with Crippen LogP contribution in [0.3, 0.4) is 0 Å². The van der Waals surface area contributed by atoms with Gasteiger partial charge in [0.15, 0.2) is 0 Å². The van der Waals surface area contributed by atoms with Crippen molar-refractivity contribution in [2.24, 2.45) is 13.0 Å². The molecule has 114 valence electrons. The summed E-state index contributed by atoms with van der Waals surface area (Å²) in [7, 11) is 3.74. The van der Waals surface area contributed by atoms with Crippen molar-refractivity contribution in [2.45, 2.75) is 31.7 Å². The lowest BCUT2D eigenvalue weighted by molar-refractivity contribution is 0.129. The van der Waals surface area contributed by atoms with Gasteiger partial charge in [-0.05, 0) is 49.3 Å². The molecule has 6 heteroatoms. The molecule has 2 heterocycles. The number of aromatic nitrogens is 3. The topological polar surface area (TPSA) is 52.0 Å². The van der Waals surface area contributed by atoms with Crippen LogP contribution in [0.5, 0.6) is 0 Å². The van der Waals surface area contributed by atoms with Crippen LogP contribution in [-0.4, -0.2) is 34.3 Å². The van der Waals surface area contributed by atoms with Crippen molar-refractivity contribution in [2.75, 3.05) is 19.0 Å². The number of anilines is 1. The zero-order valence-corrected chi connectivity index (χ0v) is 13.2. The fraction of sp³-hybridized carbons (Fsp3) is 0.600. The Morgan fingerprint density at radius 1 is 1.33 bits per heavy atom. The standard InChI is InChI=1S/C15H21ClN4O/c1-20-8-7-12-13(18-15(16)19-14(12)20)17-11-5-3-10(4-6-11)9-21-2/h7-8,10-11H,3-6,9H2,1-2H3,(H,17,18,19). The predicted octanol–water partition coefficient (Wildman–Crippen LogP) is 3.24. The van der Waals surface area contributed by atoms with Gasteiger partial charge < -0.3 is 14.6 Å². The van der Waals surface area contributed by atoms with Crippen LogP contribution in [0.2, 0.25) is 5.28 Å². The van der Waals surface area contributed by atoms with Crippen molar-refractivity contribution in [1.82, 2.24) is 14.5 Å². The molecule has 0 unspecified atom stereocenters. The molecule has 0 spiro atoms. The Bertz CT molecular complexity index is 619. The molecule has 0 atom stereocenters. The molecule has 3 rings (SSSR count). The highest BCUT2D eigenvalue weighted by Crippen LogP contribution is 2.29. The molecule has 1 N–H and O–H groups in total. The second kappa shape index (κ2) is 6.20. The maximum Gasteiger partial charge on any atom is 0.226 e. The van der Waals surface area contributed by atoms with Gasteiger partial charge in [0.1, 0.15) is 11.5 Å². The van der Waals surface area contributed by atoms with Gasteiger partial charge >= 0.3 is 0 Å². The molecule has 21 heavy (non-hydrogen) atoms. The van der Waals surface area contributed by atoms with Gasteiger partial charge in [0.25, 0.3) is 0 Å². The molecule has 0 amide bonds. The van der Waals surface area contributed by atoms with Crippen LogP contribution in [0.1, 0.15) is 25.7 Å². The van der Waals surface area contributed by atoms with Crippen LogP contribution in [0, 0.1) is 5.92 Å². The second-order valence-corrected chi connectivity index (χ2v) is 6.16. The SMILES string of the molecule is COCC1CCC(Nc2nc(Cl)nc3c2ccn3C)CC1. The Hall–Kier alpha value is -1.33. The molecule has 1 saturated carbocycles. The number of nitrogens with zero attached hydrogens (tertiary/aromatic N) is 3. The summed E-state index contributed by atoms with van der Waals surface area (Å²) in [5, 5.41) is 4.87. The van der Waals surface area contributed by atoms with E-state index in [1.54, 1.807) is 7.11 Å². The normalized spacial score (nSPS) is 22.6. The van der Waals surface area contributed by atoms with Crippen molar-refractivity contribution in [3.8, 4) is 0 Å². The molecule has 5 nitrogen and oxygen atoms in total. The first kappa shape index (κ1) is 14.6. The number of halogens is 1. The minimum Gasteiger partial charge on any atom is -0.384 e. The molecule has 1 aliphatic rings. The summed E-state index contributed by atoms with van der Waals surface area (Å²) in [5.41, 5.74) is 0.866. The van der Waals surface area contributed by atoms with Gasteiger partial charge in [-0.25, -0.2) is 4.98 Å². The third-order valence-electron chi connectivity index (χ3n) is 4.29. The van der Waals surface area contributed by atoms with Crippen molar-refractivity contribution < 1.29 is 4.74 Å². The number of ether oxygens (including phenoxy) is 1. The minimum atomic E-state index is 0.292. The highest BCUT2D eigenvalue weighted by Gasteiger charge is 2.22. The summed E-state index contributed by atoms with van der Waals surface area (Å²) in [6, 6.07) is 2.48. The summed E-state index contributed by atoms with van der Waals surface area (Å²) in [5.74, 6) is 1.54. The van der Waals surface area contributed by atoms with Crippen LogP contribution in [0.15, 0.2) is 12.3 Å². The molecular formula is C15H21ClN4O. The molecule has 1 aliphatic carbocycles. The Morgan fingerprint density at radius 3 is 2.81 bits per heavy atom. The lowest BCUT2D eigenvalue weighted by atomic mass is 9.86. The van der Waals surface area contributed by atoms with E-state index in [-0.39, 0.29) is 0 Å². The summed E-state index contributed by atoms with van der Waals surface area (Å²) >= 11 is 6.04. The van der Waals surface area contributed by atoms with Crippen LogP contribution in [0.25, 0.3) is 11.0 Å². The summed E-state index contributed by atoms with van der Waals surface area (Å²) in [6.07, 6.45) is 6.66. The fourth-order valence-electron chi connectivity index (χ4n) is 3.12. The monoisotopic (exact) mass is 308 g/mol. The molecular weight excluding hydrogens is 288 g/mol. The third kappa shape index (κ3) is 3.14. The third-order valence-corrected chi connectivity index (χ3v) is 4.46. The van der Waals surface area contributed by atoms with Crippen molar-refractivity contribution in [3.63, 3.8) is 0 Å². The largest absolute Gasteiger partial charge is 0.384 e. The lowest BCUT2D eigenvalue weighted by Crippen LogP contribution is -2.28. The predicted molar refractivity (Wildman–Crippen MR) is 84.8 cm³/mol. The molecule has 0 aromatic carbocycles. The maximum atomic E-state index is 6.04. The molecule has 2 aromatic rings. The highest BCUT2D eigenvalue weighted by atomic mass is 35.5. The Balaban J connectivity index is 1.74. The molecule has 2 aromatic heterocycles. The van der Waals surface area contributed by atoms with E-state index in [4.69, 9.17) is 16.3 Å². The van der Waals surface area contributed by atoms with Gasteiger partial charge in [0.05, 0.1) is 5.39 Å². The Kier molecular flexibility index (Phi) is 4.31. The first-order valence-electron chi connectivity index (χ1n) is 7.41. The van der Waals surface area contributed by atoms with E-state index >= 15 is 0 Å². The van der Waals surface area contributed by atoms with Gasteiger partial charge in [0, 0.05) is 33.0 Å². The van der Waals surface area contributed by atoms with Crippen LogP contribution < -0.4 is 5.32 Å². The second-order valence-electron chi connectivity index (χ2n) is 5.82. The lowest BCUT2D eigenvalue weighted by Gasteiger charge is -2.29. The van der Waals surface area contributed by atoms with Crippen molar-refractivity contribution in [3.05, 3.63) is 17.5 Å². The molecule has 0 aliphatic heterocycles. The number of methoxy groups -OCH3 is 1. The average molecular weight is 309 g/mol. The molecule has 1 fully saturated rings. The smallest absolute Gasteiger partial charge is 0.226 e. The summed E-state index contributed by atoms with van der Waals surface area (Å²) in [4.78, 5) is 8.66. The zero-order chi connectivity index (χ0) is 14.8. The number of hydrogen-bond acceptors (Lipinski definition) is 4. The van der Waals surface area contributed by atoms with E-state index in [0.29, 0.717) is 17.2 Å². The summed E-state index contributed by atoms with van der Waals surface area (Å²) < 4.78 is 7.21. The number of fused-ring (bicyclic) bond motifs is 1.